The van der Waals surface area contributed by atoms with Crippen molar-refractivity contribution in [1.82, 2.24) is 19.7 Å². The SMILES string of the molecule is COc1ccc(Cn2ccc(-c3ncnc(Cl)c3N)n2)cc1. The maximum Gasteiger partial charge on any atom is 0.156 e. The van der Waals surface area contributed by atoms with Gasteiger partial charge < -0.3 is 10.5 Å². The Labute approximate surface area is 132 Å². The predicted octanol–water partition coefficient (Wildman–Crippen LogP) is 2.63. The fourth-order valence-electron chi connectivity index (χ4n) is 2.07. The van der Waals surface area contributed by atoms with Crippen molar-refractivity contribution < 1.29 is 4.74 Å². The minimum atomic E-state index is 0.231. The van der Waals surface area contributed by atoms with Crippen LogP contribution in [-0.4, -0.2) is 26.9 Å². The van der Waals surface area contributed by atoms with E-state index in [1.165, 1.54) is 6.33 Å². The third-order valence-electron chi connectivity index (χ3n) is 3.22. The van der Waals surface area contributed by atoms with Crippen LogP contribution in [0, 0.1) is 0 Å². The van der Waals surface area contributed by atoms with Crippen molar-refractivity contribution in [3.63, 3.8) is 0 Å². The van der Waals surface area contributed by atoms with Crippen LogP contribution in [0.1, 0.15) is 5.56 Å². The standard InChI is InChI=1S/C15H14ClN5O/c1-22-11-4-2-10(3-5-11)8-21-7-6-12(20-21)14-13(17)15(16)19-9-18-14/h2-7,9H,8,17H2,1H3. The topological polar surface area (TPSA) is 78.8 Å². The molecule has 1 aromatic carbocycles. The van der Waals surface area contributed by atoms with E-state index in [0.29, 0.717) is 23.6 Å². The zero-order valence-electron chi connectivity index (χ0n) is 11.9. The number of benzene rings is 1. The van der Waals surface area contributed by atoms with Gasteiger partial charge >= 0.3 is 0 Å². The molecular formula is C15H14ClN5O. The zero-order valence-corrected chi connectivity index (χ0v) is 12.7. The first-order chi connectivity index (χ1) is 10.7. The summed E-state index contributed by atoms with van der Waals surface area (Å²) in [5.74, 6) is 0.827. The summed E-state index contributed by atoms with van der Waals surface area (Å²) in [6.07, 6.45) is 3.24. The van der Waals surface area contributed by atoms with Gasteiger partial charge in [0.05, 0.1) is 19.3 Å². The number of anilines is 1. The molecule has 0 aliphatic rings. The number of halogens is 1. The van der Waals surface area contributed by atoms with Crippen LogP contribution in [0.2, 0.25) is 5.15 Å². The van der Waals surface area contributed by atoms with E-state index in [2.05, 4.69) is 15.1 Å². The van der Waals surface area contributed by atoms with Crippen LogP contribution in [0.15, 0.2) is 42.9 Å². The van der Waals surface area contributed by atoms with Gasteiger partial charge in [0.1, 0.15) is 23.5 Å². The Hall–Kier alpha value is -2.60. The summed E-state index contributed by atoms with van der Waals surface area (Å²) >= 11 is 5.91. The molecule has 0 fully saturated rings. The molecule has 0 bridgehead atoms. The highest BCUT2D eigenvalue weighted by Gasteiger charge is 2.11. The average molecular weight is 316 g/mol. The van der Waals surface area contributed by atoms with Crippen LogP contribution in [0.3, 0.4) is 0 Å². The molecule has 2 heterocycles. The van der Waals surface area contributed by atoms with E-state index in [0.717, 1.165) is 11.3 Å². The van der Waals surface area contributed by atoms with Gasteiger partial charge in [-0.2, -0.15) is 5.10 Å². The number of nitrogens with zero attached hydrogens (tertiary/aromatic N) is 4. The fourth-order valence-corrected chi connectivity index (χ4v) is 2.21. The maximum atomic E-state index is 5.91. The minimum Gasteiger partial charge on any atom is -0.497 e. The molecule has 0 amide bonds. The van der Waals surface area contributed by atoms with Gasteiger partial charge in [-0.25, -0.2) is 9.97 Å². The monoisotopic (exact) mass is 315 g/mol. The van der Waals surface area contributed by atoms with E-state index in [-0.39, 0.29) is 5.15 Å². The maximum absolute atomic E-state index is 5.91. The molecule has 6 nitrogen and oxygen atoms in total. The Kier molecular flexibility index (Phi) is 3.93. The molecule has 0 spiro atoms. The third kappa shape index (κ3) is 2.87. The number of hydrogen-bond donors (Lipinski definition) is 1. The second-order valence-corrected chi connectivity index (χ2v) is 5.03. The van der Waals surface area contributed by atoms with Gasteiger partial charge in [0.2, 0.25) is 0 Å². The highest BCUT2D eigenvalue weighted by Crippen LogP contribution is 2.26. The summed E-state index contributed by atoms with van der Waals surface area (Å²) in [5, 5.41) is 4.71. The first-order valence-corrected chi connectivity index (χ1v) is 6.98. The predicted molar refractivity (Wildman–Crippen MR) is 84.8 cm³/mol. The number of aromatic nitrogens is 4. The van der Waals surface area contributed by atoms with Crippen LogP contribution in [-0.2, 0) is 6.54 Å². The van der Waals surface area contributed by atoms with Crippen molar-refractivity contribution in [2.24, 2.45) is 0 Å². The molecule has 0 saturated carbocycles. The van der Waals surface area contributed by atoms with E-state index < -0.39 is 0 Å². The number of hydrogen-bond acceptors (Lipinski definition) is 5. The van der Waals surface area contributed by atoms with Gasteiger partial charge in [-0.3, -0.25) is 4.68 Å². The molecule has 0 radical (unpaired) electrons. The van der Waals surface area contributed by atoms with Gasteiger partial charge in [-0.1, -0.05) is 23.7 Å². The van der Waals surface area contributed by atoms with Crippen molar-refractivity contribution in [2.75, 3.05) is 12.8 Å². The molecular weight excluding hydrogens is 302 g/mol. The Balaban J connectivity index is 1.82. The molecule has 2 N–H and O–H groups in total. The smallest absolute Gasteiger partial charge is 0.156 e. The summed E-state index contributed by atoms with van der Waals surface area (Å²) in [5.41, 5.74) is 8.53. The largest absolute Gasteiger partial charge is 0.497 e. The first-order valence-electron chi connectivity index (χ1n) is 6.60. The highest BCUT2D eigenvalue weighted by molar-refractivity contribution is 6.32. The van der Waals surface area contributed by atoms with E-state index in [1.807, 2.05) is 41.2 Å². The van der Waals surface area contributed by atoms with Crippen molar-refractivity contribution in [3.8, 4) is 17.1 Å². The van der Waals surface area contributed by atoms with Crippen LogP contribution in [0.4, 0.5) is 5.69 Å². The van der Waals surface area contributed by atoms with Crippen LogP contribution < -0.4 is 10.5 Å². The third-order valence-corrected chi connectivity index (χ3v) is 3.52. The summed E-state index contributed by atoms with van der Waals surface area (Å²) in [7, 11) is 1.64. The van der Waals surface area contributed by atoms with E-state index >= 15 is 0 Å². The summed E-state index contributed by atoms with van der Waals surface area (Å²) in [6.45, 7) is 0.642. The van der Waals surface area contributed by atoms with Gasteiger partial charge in [-0.05, 0) is 23.8 Å². The molecule has 0 saturated heterocycles. The van der Waals surface area contributed by atoms with Crippen LogP contribution in [0.5, 0.6) is 5.75 Å². The Morgan fingerprint density at radius 1 is 1.18 bits per heavy atom. The van der Waals surface area contributed by atoms with Crippen LogP contribution >= 0.6 is 11.6 Å². The van der Waals surface area contributed by atoms with E-state index in [1.54, 1.807) is 7.11 Å². The Bertz CT molecular complexity index is 785. The minimum absolute atomic E-state index is 0.231. The molecule has 2 aromatic heterocycles. The summed E-state index contributed by atoms with van der Waals surface area (Å²) in [6, 6.07) is 9.68. The van der Waals surface area contributed by atoms with Crippen molar-refractivity contribution >= 4 is 17.3 Å². The number of methoxy groups -OCH3 is 1. The van der Waals surface area contributed by atoms with Gasteiger partial charge in [0.25, 0.3) is 0 Å². The lowest BCUT2D eigenvalue weighted by Crippen LogP contribution is -2.02. The van der Waals surface area contributed by atoms with Crippen LogP contribution in [0.25, 0.3) is 11.4 Å². The first kappa shape index (κ1) is 14.3. The average Bonchev–Trinajstić information content (AvgIpc) is 2.99. The molecule has 0 aliphatic carbocycles. The molecule has 7 heteroatoms. The summed E-state index contributed by atoms with van der Waals surface area (Å²) in [4.78, 5) is 7.98. The van der Waals surface area contributed by atoms with E-state index in [9.17, 15) is 0 Å². The quantitative estimate of drug-likeness (QED) is 0.749. The number of nitrogen functional groups attached to an aromatic ring is 1. The lowest BCUT2D eigenvalue weighted by molar-refractivity contribution is 0.414. The lowest BCUT2D eigenvalue weighted by Gasteiger charge is -2.04. The lowest BCUT2D eigenvalue weighted by atomic mass is 10.2. The molecule has 3 aromatic rings. The van der Waals surface area contributed by atoms with Crippen molar-refractivity contribution in [1.29, 1.82) is 0 Å². The second kappa shape index (κ2) is 6.03. The Morgan fingerprint density at radius 2 is 1.95 bits per heavy atom. The molecule has 0 atom stereocenters. The summed E-state index contributed by atoms with van der Waals surface area (Å²) < 4.78 is 6.95. The second-order valence-electron chi connectivity index (χ2n) is 4.67. The highest BCUT2D eigenvalue weighted by atomic mass is 35.5. The Morgan fingerprint density at radius 3 is 2.68 bits per heavy atom. The number of ether oxygens (including phenoxy) is 1. The fraction of sp³-hybridized carbons (Fsp3) is 0.133. The van der Waals surface area contributed by atoms with Gasteiger partial charge in [0.15, 0.2) is 5.15 Å². The van der Waals surface area contributed by atoms with Gasteiger partial charge in [-0.15, -0.1) is 0 Å². The molecule has 112 valence electrons. The number of rotatable bonds is 4. The van der Waals surface area contributed by atoms with Crippen molar-refractivity contribution in [3.05, 3.63) is 53.6 Å². The molecule has 0 aliphatic heterocycles. The number of nitrogens with two attached hydrogens (primary N) is 1. The van der Waals surface area contributed by atoms with Gasteiger partial charge in [0, 0.05) is 6.20 Å². The molecule has 3 rings (SSSR count). The molecule has 0 unspecified atom stereocenters. The zero-order chi connectivity index (χ0) is 15.5. The normalized spacial score (nSPS) is 10.6. The van der Waals surface area contributed by atoms with E-state index in [4.69, 9.17) is 22.1 Å². The van der Waals surface area contributed by atoms with Crippen molar-refractivity contribution in [2.45, 2.75) is 6.54 Å². The molecule has 22 heavy (non-hydrogen) atoms.